The van der Waals surface area contributed by atoms with Crippen LogP contribution in [0.25, 0.3) is 0 Å². The predicted octanol–water partition coefficient (Wildman–Crippen LogP) is 2.28. The summed E-state index contributed by atoms with van der Waals surface area (Å²) < 4.78 is 10.7. The monoisotopic (exact) mass is 357 g/mol. The number of methoxy groups -OCH3 is 1. The van der Waals surface area contributed by atoms with Crippen LogP contribution in [0.2, 0.25) is 0 Å². The van der Waals surface area contributed by atoms with Gasteiger partial charge in [-0.1, -0.05) is 5.16 Å². The summed E-state index contributed by atoms with van der Waals surface area (Å²) in [4.78, 5) is 13.8. The van der Waals surface area contributed by atoms with E-state index in [0.29, 0.717) is 11.5 Å². The minimum Gasteiger partial charge on any atom is -0.383 e. The van der Waals surface area contributed by atoms with E-state index in [-0.39, 0.29) is 0 Å². The van der Waals surface area contributed by atoms with Crippen LogP contribution < -0.4 is 4.90 Å². The Balaban J connectivity index is 1.41. The van der Waals surface area contributed by atoms with Crippen molar-refractivity contribution in [2.24, 2.45) is 5.41 Å². The lowest BCUT2D eigenvalue weighted by Gasteiger charge is -2.39. The first kappa shape index (κ1) is 17.4. The Hall–Kier alpha value is -1.99. The molecule has 0 saturated carbocycles. The van der Waals surface area contributed by atoms with Crippen LogP contribution in [0.4, 0.5) is 5.95 Å². The highest BCUT2D eigenvalue weighted by molar-refractivity contribution is 5.35. The zero-order valence-corrected chi connectivity index (χ0v) is 15.6. The molecule has 2 aliphatic rings. The van der Waals surface area contributed by atoms with Crippen LogP contribution >= 0.6 is 0 Å². The Morgan fingerprint density at radius 1 is 1.27 bits per heavy atom. The molecule has 0 bridgehead atoms. The third-order valence-electron chi connectivity index (χ3n) is 5.76. The van der Waals surface area contributed by atoms with E-state index in [9.17, 15) is 0 Å². The highest BCUT2D eigenvalue weighted by Crippen LogP contribution is 2.44. The summed E-state index contributed by atoms with van der Waals surface area (Å²) in [6.07, 6.45) is 7.16. The standard InChI is InChI=1S/C19H27N5O2/c1-15-10-16(22-26-15)12-23-8-4-19(5-9-23)11-17(13-25-2)24(14-19)18-20-6-3-7-21-18/h3,6-7,10,17H,4-5,8-9,11-14H2,1-2H3. The lowest BCUT2D eigenvalue weighted by molar-refractivity contribution is 0.104. The van der Waals surface area contributed by atoms with Gasteiger partial charge in [-0.25, -0.2) is 9.97 Å². The van der Waals surface area contributed by atoms with E-state index in [0.717, 1.165) is 56.6 Å². The fraction of sp³-hybridized carbons (Fsp3) is 0.632. The Morgan fingerprint density at radius 3 is 2.69 bits per heavy atom. The summed E-state index contributed by atoms with van der Waals surface area (Å²) in [6.45, 7) is 6.74. The minimum atomic E-state index is 0.332. The topological polar surface area (TPSA) is 67.5 Å². The lowest BCUT2D eigenvalue weighted by Crippen LogP contribution is -2.41. The van der Waals surface area contributed by atoms with Gasteiger partial charge < -0.3 is 14.2 Å². The van der Waals surface area contributed by atoms with Gasteiger partial charge in [-0.2, -0.15) is 0 Å². The molecule has 2 fully saturated rings. The molecule has 2 aromatic rings. The van der Waals surface area contributed by atoms with Gasteiger partial charge in [-0.3, -0.25) is 4.90 Å². The fourth-order valence-electron chi connectivity index (χ4n) is 4.45. The summed E-state index contributed by atoms with van der Waals surface area (Å²) in [5.41, 5.74) is 1.36. The zero-order valence-electron chi connectivity index (χ0n) is 15.6. The van der Waals surface area contributed by atoms with Crippen molar-refractivity contribution in [1.29, 1.82) is 0 Å². The number of aromatic nitrogens is 3. The molecule has 0 aromatic carbocycles. The molecular weight excluding hydrogens is 330 g/mol. The van der Waals surface area contributed by atoms with Crippen molar-refractivity contribution >= 4 is 5.95 Å². The van der Waals surface area contributed by atoms with Gasteiger partial charge in [-0.15, -0.1) is 0 Å². The molecule has 1 spiro atoms. The predicted molar refractivity (Wildman–Crippen MR) is 97.8 cm³/mol. The first-order chi connectivity index (χ1) is 12.7. The molecule has 1 atom stereocenters. The first-order valence-electron chi connectivity index (χ1n) is 9.35. The number of piperidine rings is 1. The zero-order chi connectivity index (χ0) is 18.0. The van der Waals surface area contributed by atoms with Gasteiger partial charge in [-0.05, 0) is 50.8 Å². The van der Waals surface area contributed by atoms with E-state index < -0.39 is 0 Å². The van der Waals surface area contributed by atoms with Gasteiger partial charge in [0, 0.05) is 38.7 Å². The molecule has 4 heterocycles. The molecule has 26 heavy (non-hydrogen) atoms. The average Bonchev–Trinajstić information content (AvgIpc) is 3.22. The van der Waals surface area contributed by atoms with E-state index in [2.05, 4.69) is 24.9 Å². The van der Waals surface area contributed by atoms with Crippen molar-refractivity contribution in [1.82, 2.24) is 20.0 Å². The van der Waals surface area contributed by atoms with Crippen LogP contribution in [0.1, 0.15) is 30.7 Å². The third kappa shape index (κ3) is 3.59. The largest absolute Gasteiger partial charge is 0.383 e. The summed E-state index contributed by atoms with van der Waals surface area (Å²) in [7, 11) is 1.78. The number of hydrogen-bond acceptors (Lipinski definition) is 7. The van der Waals surface area contributed by atoms with Crippen LogP contribution in [-0.4, -0.2) is 59.4 Å². The van der Waals surface area contributed by atoms with Gasteiger partial charge in [0.15, 0.2) is 0 Å². The minimum absolute atomic E-state index is 0.332. The van der Waals surface area contributed by atoms with Crippen LogP contribution in [0.3, 0.4) is 0 Å². The number of likely N-dealkylation sites (tertiary alicyclic amines) is 1. The van der Waals surface area contributed by atoms with Crippen LogP contribution in [0.15, 0.2) is 29.0 Å². The van der Waals surface area contributed by atoms with Gasteiger partial charge >= 0.3 is 0 Å². The first-order valence-corrected chi connectivity index (χ1v) is 9.35. The van der Waals surface area contributed by atoms with Crippen molar-refractivity contribution in [2.45, 2.75) is 38.8 Å². The smallest absolute Gasteiger partial charge is 0.225 e. The van der Waals surface area contributed by atoms with E-state index >= 15 is 0 Å². The summed E-state index contributed by atoms with van der Waals surface area (Å²) in [5, 5.41) is 4.13. The molecule has 7 heteroatoms. The van der Waals surface area contributed by atoms with Crippen LogP contribution in [0, 0.1) is 12.3 Å². The quantitative estimate of drug-likeness (QED) is 0.813. The van der Waals surface area contributed by atoms with E-state index in [1.165, 1.54) is 12.8 Å². The average molecular weight is 357 g/mol. The second kappa shape index (κ2) is 7.32. The highest BCUT2D eigenvalue weighted by atomic mass is 16.5. The Morgan fingerprint density at radius 2 is 2.04 bits per heavy atom. The molecule has 4 rings (SSSR count). The van der Waals surface area contributed by atoms with Crippen LogP contribution in [0.5, 0.6) is 0 Å². The van der Waals surface area contributed by atoms with Gasteiger partial charge in [0.1, 0.15) is 5.76 Å². The Bertz CT molecular complexity index is 712. The number of hydrogen-bond donors (Lipinski definition) is 0. The molecule has 2 aromatic heterocycles. The molecule has 2 aliphatic heterocycles. The number of ether oxygens (including phenoxy) is 1. The fourth-order valence-corrected chi connectivity index (χ4v) is 4.45. The van der Waals surface area contributed by atoms with Crippen LogP contribution in [-0.2, 0) is 11.3 Å². The normalized spacial score (nSPS) is 23.0. The summed E-state index contributed by atoms with van der Waals surface area (Å²) >= 11 is 0. The molecule has 0 aliphatic carbocycles. The number of aryl methyl sites for hydroxylation is 1. The van der Waals surface area contributed by atoms with Crippen molar-refractivity contribution in [3.63, 3.8) is 0 Å². The number of nitrogens with zero attached hydrogens (tertiary/aromatic N) is 5. The molecular formula is C19H27N5O2. The summed E-state index contributed by atoms with van der Waals surface area (Å²) in [6, 6.07) is 4.25. The molecule has 7 nitrogen and oxygen atoms in total. The van der Waals surface area contributed by atoms with E-state index in [4.69, 9.17) is 9.26 Å². The molecule has 2 saturated heterocycles. The molecule has 140 valence electrons. The highest BCUT2D eigenvalue weighted by Gasteiger charge is 2.46. The van der Waals surface area contributed by atoms with E-state index in [1.54, 1.807) is 7.11 Å². The summed E-state index contributed by atoms with van der Waals surface area (Å²) in [5.74, 6) is 1.71. The van der Waals surface area contributed by atoms with Crippen molar-refractivity contribution in [3.05, 3.63) is 36.0 Å². The van der Waals surface area contributed by atoms with Gasteiger partial charge in [0.05, 0.1) is 18.3 Å². The maximum Gasteiger partial charge on any atom is 0.225 e. The molecule has 0 amide bonds. The van der Waals surface area contributed by atoms with Crippen molar-refractivity contribution in [3.8, 4) is 0 Å². The second-order valence-electron chi connectivity index (χ2n) is 7.70. The number of rotatable bonds is 5. The second-order valence-corrected chi connectivity index (χ2v) is 7.70. The van der Waals surface area contributed by atoms with Crippen molar-refractivity contribution in [2.75, 3.05) is 38.3 Å². The Labute approximate surface area is 154 Å². The maximum absolute atomic E-state index is 5.49. The SMILES string of the molecule is COCC1CC2(CCN(Cc3cc(C)on3)CC2)CN1c1ncccn1. The number of anilines is 1. The molecule has 0 N–H and O–H groups in total. The van der Waals surface area contributed by atoms with Crippen molar-refractivity contribution < 1.29 is 9.26 Å². The van der Waals surface area contributed by atoms with E-state index in [1.807, 2.05) is 31.5 Å². The lowest BCUT2D eigenvalue weighted by atomic mass is 9.76. The van der Waals surface area contributed by atoms with Gasteiger partial charge in [0.2, 0.25) is 5.95 Å². The Kier molecular flexibility index (Phi) is 4.91. The molecule has 1 unspecified atom stereocenters. The maximum atomic E-state index is 5.49. The van der Waals surface area contributed by atoms with Gasteiger partial charge in [0.25, 0.3) is 0 Å². The molecule has 0 radical (unpaired) electrons. The third-order valence-corrected chi connectivity index (χ3v) is 5.76.